The van der Waals surface area contributed by atoms with Crippen LogP contribution in [-0.4, -0.2) is 20.7 Å². The van der Waals surface area contributed by atoms with Crippen molar-refractivity contribution in [2.24, 2.45) is 7.05 Å². The van der Waals surface area contributed by atoms with Crippen LogP contribution in [0, 0.1) is 4.77 Å². The number of furan rings is 1. The summed E-state index contributed by atoms with van der Waals surface area (Å²) >= 11 is 8.41. The molecule has 0 aliphatic carbocycles. The molecule has 1 amide bonds. The Morgan fingerprint density at radius 2 is 2.28 bits per heavy atom. The smallest absolute Gasteiger partial charge is 0.287 e. The molecule has 0 radical (unpaired) electrons. The average Bonchev–Trinajstić information content (AvgIpc) is 3.19. The number of carbonyl (C=O) groups excluding carboxylic acids is 1. The Morgan fingerprint density at radius 3 is 3.00 bits per heavy atom. The highest BCUT2D eigenvalue weighted by atomic mass is 79.9. The molecule has 0 saturated carbocycles. The predicted molar refractivity (Wildman–Crippen MR) is 96.7 cm³/mol. The van der Waals surface area contributed by atoms with Gasteiger partial charge in [-0.1, -0.05) is 22.0 Å². The summed E-state index contributed by atoms with van der Waals surface area (Å²) in [5.41, 5.74) is 0. The molecule has 2 heterocycles. The van der Waals surface area contributed by atoms with Crippen LogP contribution in [0.5, 0.6) is 5.75 Å². The lowest BCUT2D eigenvalue weighted by Gasteiger charge is -2.04. The van der Waals surface area contributed by atoms with Crippen molar-refractivity contribution in [2.75, 3.05) is 0 Å². The Kier molecular flexibility index (Phi) is 5.34. The first-order valence-corrected chi connectivity index (χ1v) is 8.58. The molecular weight excluding hydrogens is 408 g/mol. The summed E-state index contributed by atoms with van der Waals surface area (Å²) in [6.07, 6.45) is 0. The number of rotatable bonds is 6. The largest absolute Gasteiger partial charge is 0.486 e. The highest BCUT2D eigenvalue weighted by Crippen LogP contribution is 2.19. The number of amides is 1. The average molecular weight is 423 g/mol. The van der Waals surface area contributed by atoms with Gasteiger partial charge < -0.3 is 19.0 Å². The van der Waals surface area contributed by atoms with Gasteiger partial charge >= 0.3 is 0 Å². The Labute approximate surface area is 157 Å². The van der Waals surface area contributed by atoms with Crippen LogP contribution in [0.1, 0.15) is 22.1 Å². The van der Waals surface area contributed by atoms with E-state index in [2.05, 4.69) is 31.4 Å². The summed E-state index contributed by atoms with van der Waals surface area (Å²) < 4.78 is 14.3. The molecule has 3 aromatic rings. The lowest BCUT2D eigenvalue weighted by atomic mass is 10.3. The van der Waals surface area contributed by atoms with Crippen LogP contribution in [0.25, 0.3) is 0 Å². The van der Waals surface area contributed by atoms with Gasteiger partial charge in [-0.2, -0.15) is 5.10 Å². The highest BCUT2D eigenvalue weighted by molar-refractivity contribution is 9.10. The van der Waals surface area contributed by atoms with Crippen LogP contribution in [0.15, 0.2) is 45.3 Å². The lowest BCUT2D eigenvalue weighted by Crippen LogP contribution is -2.24. The maximum absolute atomic E-state index is 12.1. The van der Waals surface area contributed by atoms with E-state index >= 15 is 0 Å². The van der Waals surface area contributed by atoms with Crippen LogP contribution in [-0.2, 0) is 20.2 Å². The van der Waals surface area contributed by atoms with E-state index in [0.29, 0.717) is 22.1 Å². The van der Waals surface area contributed by atoms with Gasteiger partial charge in [-0.05, 0) is 42.5 Å². The van der Waals surface area contributed by atoms with Crippen molar-refractivity contribution in [3.63, 3.8) is 0 Å². The van der Waals surface area contributed by atoms with Gasteiger partial charge in [0, 0.05) is 11.5 Å². The zero-order chi connectivity index (χ0) is 17.8. The number of H-pyrrole nitrogens is 1. The maximum Gasteiger partial charge on any atom is 0.287 e. The summed E-state index contributed by atoms with van der Waals surface area (Å²) in [5.74, 6) is 1.78. The molecule has 2 N–H and O–H groups in total. The summed E-state index contributed by atoms with van der Waals surface area (Å²) in [6, 6.07) is 10.8. The lowest BCUT2D eigenvalue weighted by molar-refractivity contribution is 0.0917. The minimum absolute atomic E-state index is 0.213. The monoisotopic (exact) mass is 422 g/mol. The number of halogens is 1. The number of aromatic nitrogens is 3. The first kappa shape index (κ1) is 17.4. The van der Waals surface area contributed by atoms with E-state index in [4.69, 9.17) is 21.4 Å². The van der Waals surface area contributed by atoms with Gasteiger partial charge in [-0.3, -0.25) is 9.89 Å². The molecule has 0 spiro atoms. The molecule has 0 saturated heterocycles. The van der Waals surface area contributed by atoms with E-state index in [1.807, 2.05) is 24.3 Å². The molecule has 0 atom stereocenters. The van der Waals surface area contributed by atoms with Crippen LogP contribution in [0.3, 0.4) is 0 Å². The molecule has 0 unspecified atom stereocenters. The van der Waals surface area contributed by atoms with Crippen molar-refractivity contribution in [1.29, 1.82) is 0 Å². The number of nitrogens with zero attached hydrogens (tertiary/aromatic N) is 2. The summed E-state index contributed by atoms with van der Waals surface area (Å²) in [6.45, 7) is 0.477. The molecule has 1 aromatic carbocycles. The van der Waals surface area contributed by atoms with E-state index in [1.165, 1.54) is 0 Å². The third-order valence-corrected chi connectivity index (χ3v) is 4.30. The van der Waals surface area contributed by atoms with Crippen LogP contribution in [0.2, 0.25) is 0 Å². The van der Waals surface area contributed by atoms with Gasteiger partial charge in [-0.15, -0.1) is 0 Å². The van der Waals surface area contributed by atoms with Crippen molar-refractivity contribution >= 4 is 34.1 Å². The first-order valence-electron chi connectivity index (χ1n) is 7.38. The topological polar surface area (TPSA) is 85.1 Å². The van der Waals surface area contributed by atoms with Crippen molar-refractivity contribution in [1.82, 2.24) is 20.1 Å². The molecule has 7 nitrogen and oxygen atoms in total. The fraction of sp³-hybridized carbons (Fsp3) is 0.188. The second kappa shape index (κ2) is 7.66. The van der Waals surface area contributed by atoms with Crippen LogP contribution < -0.4 is 10.1 Å². The third kappa shape index (κ3) is 4.37. The molecule has 25 heavy (non-hydrogen) atoms. The standard InChI is InChI=1S/C16H15BrN4O3S/c1-21-14(19-20-16(21)25)8-18-15(22)13-6-5-12(24-13)9-23-11-4-2-3-10(17)7-11/h2-7H,8-9H2,1H3,(H,18,22)(H,20,25). The normalized spacial score (nSPS) is 10.6. The van der Waals surface area contributed by atoms with Crippen molar-refractivity contribution in [3.8, 4) is 5.75 Å². The Hall–Kier alpha value is -2.39. The van der Waals surface area contributed by atoms with Gasteiger partial charge in [0.15, 0.2) is 16.4 Å². The fourth-order valence-electron chi connectivity index (χ4n) is 2.07. The molecule has 2 aromatic heterocycles. The predicted octanol–water partition coefficient (Wildman–Crippen LogP) is 3.34. The summed E-state index contributed by atoms with van der Waals surface area (Å²) in [4.78, 5) is 12.1. The van der Waals surface area contributed by atoms with Gasteiger partial charge in [0.2, 0.25) is 0 Å². The number of aromatic amines is 1. The number of ether oxygens (including phenoxy) is 1. The Balaban J connectivity index is 1.56. The minimum atomic E-state index is -0.331. The van der Waals surface area contributed by atoms with E-state index in [-0.39, 0.29) is 24.8 Å². The molecule has 0 bridgehead atoms. The molecule has 0 fully saturated rings. The number of benzene rings is 1. The van der Waals surface area contributed by atoms with Crippen molar-refractivity contribution in [3.05, 3.63) is 63.0 Å². The number of carbonyl (C=O) groups is 1. The van der Waals surface area contributed by atoms with Crippen LogP contribution in [0.4, 0.5) is 0 Å². The van der Waals surface area contributed by atoms with Crippen molar-refractivity contribution < 1.29 is 13.9 Å². The van der Waals surface area contributed by atoms with Gasteiger partial charge in [0.1, 0.15) is 18.1 Å². The van der Waals surface area contributed by atoms with Gasteiger partial charge in [0.05, 0.1) is 6.54 Å². The number of nitrogens with one attached hydrogen (secondary N) is 2. The fourth-order valence-corrected chi connectivity index (χ4v) is 2.60. The zero-order valence-electron chi connectivity index (χ0n) is 13.3. The molecule has 0 aliphatic heterocycles. The zero-order valence-corrected chi connectivity index (χ0v) is 15.7. The van der Waals surface area contributed by atoms with E-state index in [0.717, 1.165) is 4.47 Å². The van der Waals surface area contributed by atoms with Crippen LogP contribution >= 0.6 is 28.1 Å². The molecule has 0 aliphatic rings. The Morgan fingerprint density at radius 1 is 1.44 bits per heavy atom. The second-order valence-electron chi connectivity index (χ2n) is 5.20. The van der Waals surface area contributed by atoms with E-state index in [1.54, 1.807) is 23.7 Å². The molecule has 130 valence electrons. The Bertz CT molecular complexity index is 947. The van der Waals surface area contributed by atoms with Gasteiger partial charge in [-0.25, -0.2) is 0 Å². The molecular formula is C16H15BrN4O3S. The van der Waals surface area contributed by atoms with E-state index < -0.39 is 0 Å². The molecule has 3 rings (SSSR count). The summed E-state index contributed by atoms with van der Waals surface area (Å²) in [5, 5.41) is 9.43. The maximum atomic E-state index is 12.1. The third-order valence-electron chi connectivity index (χ3n) is 3.44. The highest BCUT2D eigenvalue weighted by Gasteiger charge is 2.12. The molecule has 9 heteroatoms. The SMILES string of the molecule is Cn1c(CNC(=O)c2ccc(COc3cccc(Br)c3)o2)n[nH]c1=S. The number of hydrogen-bond acceptors (Lipinski definition) is 5. The summed E-state index contributed by atoms with van der Waals surface area (Å²) in [7, 11) is 1.78. The number of hydrogen-bond donors (Lipinski definition) is 2. The van der Waals surface area contributed by atoms with Gasteiger partial charge in [0.25, 0.3) is 5.91 Å². The van der Waals surface area contributed by atoms with E-state index in [9.17, 15) is 4.79 Å². The second-order valence-corrected chi connectivity index (χ2v) is 6.50. The quantitative estimate of drug-likeness (QED) is 0.594. The minimum Gasteiger partial charge on any atom is -0.486 e. The van der Waals surface area contributed by atoms with Crippen molar-refractivity contribution in [2.45, 2.75) is 13.2 Å². The first-order chi connectivity index (χ1) is 12.0.